The smallest absolute Gasteiger partial charge is 0.0836 e. The van der Waals surface area contributed by atoms with Crippen molar-refractivity contribution >= 4 is 0 Å². The van der Waals surface area contributed by atoms with Crippen LogP contribution in [0.2, 0.25) is 0 Å². The molecule has 0 saturated heterocycles. The highest BCUT2D eigenvalue weighted by molar-refractivity contribution is 5.39. The van der Waals surface area contributed by atoms with Crippen molar-refractivity contribution in [2.45, 2.75) is 46.8 Å². The van der Waals surface area contributed by atoms with E-state index in [1.807, 2.05) is 17.1 Å². The molecule has 3 nitrogen and oxygen atoms in total. The maximum absolute atomic E-state index is 10.5. The van der Waals surface area contributed by atoms with Crippen LogP contribution < -0.4 is 0 Å². The summed E-state index contributed by atoms with van der Waals surface area (Å²) < 4.78 is 1.89. The summed E-state index contributed by atoms with van der Waals surface area (Å²) in [5.41, 5.74) is 5.69. The fourth-order valence-corrected chi connectivity index (χ4v) is 2.73. The molecule has 0 radical (unpaired) electrons. The van der Waals surface area contributed by atoms with E-state index in [9.17, 15) is 5.11 Å². The SMILES string of the molecule is CCn1cc(CC(O)c2c(C)cc(C)cc2C)cn1. The van der Waals surface area contributed by atoms with E-state index >= 15 is 0 Å². The van der Waals surface area contributed by atoms with Gasteiger partial charge < -0.3 is 5.11 Å². The van der Waals surface area contributed by atoms with E-state index in [0.717, 1.165) is 28.8 Å². The Morgan fingerprint density at radius 2 is 1.84 bits per heavy atom. The van der Waals surface area contributed by atoms with E-state index in [1.54, 1.807) is 0 Å². The van der Waals surface area contributed by atoms with Crippen LogP contribution in [0.25, 0.3) is 0 Å². The molecule has 1 N–H and O–H groups in total. The van der Waals surface area contributed by atoms with Crippen molar-refractivity contribution in [1.29, 1.82) is 0 Å². The summed E-state index contributed by atoms with van der Waals surface area (Å²) in [4.78, 5) is 0. The Balaban J connectivity index is 2.22. The second-order valence-corrected chi connectivity index (χ2v) is 5.24. The fraction of sp³-hybridized carbons (Fsp3) is 0.438. The third-order valence-electron chi connectivity index (χ3n) is 3.51. The summed E-state index contributed by atoms with van der Waals surface area (Å²) in [5.74, 6) is 0. The molecule has 0 fully saturated rings. The molecule has 0 spiro atoms. The summed E-state index contributed by atoms with van der Waals surface area (Å²) in [7, 11) is 0. The molecule has 0 bridgehead atoms. The van der Waals surface area contributed by atoms with E-state index in [2.05, 4.69) is 44.9 Å². The van der Waals surface area contributed by atoms with Crippen LogP contribution in [0.15, 0.2) is 24.5 Å². The lowest BCUT2D eigenvalue weighted by Crippen LogP contribution is -2.06. The number of aliphatic hydroxyl groups excluding tert-OH is 1. The number of aromatic nitrogens is 2. The summed E-state index contributed by atoms with van der Waals surface area (Å²) in [6.07, 6.45) is 3.99. The normalized spacial score (nSPS) is 12.7. The van der Waals surface area contributed by atoms with Gasteiger partial charge in [0.1, 0.15) is 0 Å². The van der Waals surface area contributed by atoms with E-state index in [4.69, 9.17) is 0 Å². The van der Waals surface area contributed by atoms with Crippen molar-refractivity contribution in [1.82, 2.24) is 9.78 Å². The third-order valence-corrected chi connectivity index (χ3v) is 3.51. The highest BCUT2D eigenvalue weighted by atomic mass is 16.3. The highest BCUT2D eigenvalue weighted by Crippen LogP contribution is 2.26. The lowest BCUT2D eigenvalue weighted by molar-refractivity contribution is 0.177. The number of hydrogen-bond acceptors (Lipinski definition) is 2. The topological polar surface area (TPSA) is 38.0 Å². The van der Waals surface area contributed by atoms with Crippen molar-refractivity contribution in [3.8, 4) is 0 Å². The summed E-state index contributed by atoms with van der Waals surface area (Å²) in [6.45, 7) is 9.13. The summed E-state index contributed by atoms with van der Waals surface area (Å²) >= 11 is 0. The number of rotatable bonds is 4. The molecule has 1 aromatic heterocycles. The average molecular weight is 258 g/mol. The van der Waals surface area contributed by atoms with Gasteiger partial charge in [0.05, 0.1) is 12.3 Å². The van der Waals surface area contributed by atoms with Crippen molar-refractivity contribution < 1.29 is 5.11 Å². The molecule has 102 valence electrons. The second-order valence-electron chi connectivity index (χ2n) is 5.24. The van der Waals surface area contributed by atoms with E-state index < -0.39 is 6.10 Å². The first-order valence-corrected chi connectivity index (χ1v) is 6.78. The number of aryl methyl sites for hydroxylation is 4. The maximum atomic E-state index is 10.5. The zero-order valence-corrected chi connectivity index (χ0v) is 12.1. The van der Waals surface area contributed by atoms with Gasteiger partial charge in [-0.15, -0.1) is 0 Å². The van der Waals surface area contributed by atoms with Crippen LogP contribution in [-0.2, 0) is 13.0 Å². The van der Waals surface area contributed by atoms with Crippen LogP contribution in [-0.4, -0.2) is 14.9 Å². The maximum Gasteiger partial charge on any atom is 0.0836 e. The van der Waals surface area contributed by atoms with Gasteiger partial charge in [0.25, 0.3) is 0 Å². The van der Waals surface area contributed by atoms with Crippen molar-refractivity contribution in [3.05, 3.63) is 52.3 Å². The Labute approximate surface area is 114 Å². The van der Waals surface area contributed by atoms with Crippen LogP contribution in [0.5, 0.6) is 0 Å². The van der Waals surface area contributed by atoms with Gasteiger partial charge in [-0.25, -0.2) is 0 Å². The summed E-state index contributed by atoms with van der Waals surface area (Å²) in [5, 5.41) is 14.7. The molecule has 2 rings (SSSR count). The van der Waals surface area contributed by atoms with Gasteiger partial charge in [0.15, 0.2) is 0 Å². The Morgan fingerprint density at radius 1 is 1.21 bits per heavy atom. The molecule has 1 heterocycles. The molecule has 0 aliphatic carbocycles. The first-order chi connectivity index (χ1) is 9.01. The first kappa shape index (κ1) is 13.8. The van der Waals surface area contributed by atoms with Crippen LogP contribution in [0.1, 0.15) is 40.8 Å². The molecule has 19 heavy (non-hydrogen) atoms. The molecule has 1 unspecified atom stereocenters. The average Bonchev–Trinajstić information content (AvgIpc) is 2.75. The quantitative estimate of drug-likeness (QED) is 0.915. The molecule has 1 aromatic carbocycles. The van der Waals surface area contributed by atoms with Crippen molar-refractivity contribution in [3.63, 3.8) is 0 Å². The van der Waals surface area contributed by atoms with Gasteiger partial charge in [-0.3, -0.25) is 4.68 Å². The molecular weight excluding hydrogens is 236 g/mol. The van der Waals surface area contributed by atoms with Crippen LogP contribution in [0.4, 0.5) is 0 Å². The fourth-order valence-electron chi connectivity index (χ4n) is 2.73. The zero-order valence-electron chi connectivity index (χ0n) is 12.1. The highest BCUT2D eigenvalue weighted by Gasteiger charge is 2.15. The minimum Gasteiger partial charge on any atom is -0.388 e. The van der Waals surface area contributed by atoms with Gasteiger partial charge in [-0.2, -0.15) is 5.10 Å². The Morgan fingerprint density at radius 3 is 2.37 bits per heavy atom. The Bertz CT molecular complexity index is 549. The molecule has 0 aliphatic heterocycles. The molecule has 0 amide bonds. The minimum absolute atomic E-state index is 0.463. The lowest BCUT2D eigenvalue weighted by Gasteiger charge is -2.17. The zero-order chi connectivity index (χ0) is 14.0. The monoisotopic (exact) mass is 258 g/mol. The van der Waals surface area contributed by atoms with Crippen LogP contribution >= 0.6 is 0 Å². The third kappa shape index (κ3) is 3.04. The van der Waals surface area contributed by atoms with Gasteiger partial charge in [-0.1, -0.05) is 17.7 Å². The second kappa shape index (κ2) is 5.57. The Kier molecular flexibility index (Phi) is 4.05. The van der Waals surface area contributed by atoms with Gasteiger partial charge >= 0.3 is 0 Å². The predicted molar refractivity (Wildman–Crippen MR) is 77.2 cm³/mol. The molecule has 2 aromatic rings. The number of hydrogen-bond donors (Lipinski definition) is 1. The Hall–Kier alpha value is -1.61. The first-order valence-electron chi connectivity index (χ1n) is 6.78. The number of nitrogens with zero attached hydrogens (tertiary/aromatic N) is 2. The largest absolute Gasteiger partial charge is 0.388 e. The van der Waals surface area contributed by atoms with Gasteiger partial charge in [0.2, 0.25) is 0 Å². The molecule has 0 aliphatic rings. The number of aliphatic hydroxyl groups is 1. The predicted octanol–water partition coefficient (Wildman–Crippen LogP) is 3.10. The number of benzene rings is 1. The minimum atomic E-state index is -0.463. The standard InChI is InChI=1S/C16H22N2O/c1-5-18-10-14(9-17-18)8-15(19)16-12(3)6-11(2)7-13(16)4/h6-7,9-10,15,19H,5,8H2,1-4H3. The van der Waals surface area contributed by atoms with E-state index in [1.165, 1.54) is 5.56 Å². The van der Waals surface area contributed by atoms with Gasteiger partial charge in [-0.05, 0) is 49.9 Å². The van der Waals surface area contributed by atoms with Crippen molar-refractivity contribution in [2.75, 3.05) is 0 Å². The van der Waals surface area contributed by atoms with Gasteiger partial charge in [0, 0.05) is 19.2 Å². The molecular formula is C16H22N2O. The van der Waals surface area contributed by atoms with E-state index in [-0.39, 0.29) is 0 Å². The lowest BCUT2D eigenvalue weighted by atomic mass is 9.93. The van der Waals surface area contributed by atoms with Crippen LogP contribution in [0.3, 0.4) is 0 Å². The van der Waals surface area contributed by atoms with Crippen LogP contribution in [0, 0.1) is 20.8 Å². The molecule has 3 heteroatoms. The summed E-state index contributed by atoms with van der Waals surface area (Å²) in [6, 6.07) is 4.25. The van der Waals surface area contributed by atoms with E-state index in [0.29, 0.717) is 6.42 Å². The van der Waals surface area contributed by atoms with Crippen molar-refractivity contribution in [2.24, 2.45) is 0 Å². The molecule has 0 saturated carbocycles. The molecule has 1 atom stereocenters.